The average molecular weight is 393 g/mol. The van der Waals surface area contributed by atoms with Crippen LogP contribution in [0.15, 0.2) is 42.5 Å². The Balaban J connectivity index is 1.77. The molecule has 29 heavy (non-hydrogen) atoms. The van der Waals surface area contributed by atoms with Crippen LogP contribution in [0.25, 0.3) is 10.9 Å². The summed E-state index contributed by atoms with van der Waals surface area (Å²) in [5.41, 5.74) is 7.50. The first-order chi connectivity index (χ1) is 14.1. The van der Waals surface area contributed by atoms with Crippen molar-refractivity contribution in [3.05, 3.63) is 65.2 Å². The minimum atomic E-state index is -0.502. The van der Waals surface area contributed by atoms with Crippen LogP contribution in [0, 0.1) is 5.82 Å². The van der Waals surface area contributed by atoms with Gasteiger partial charge in [0.2, 0.25) is 0 Å². The molecule has 2 N–H and O–H groups in total. The maximum absolute atomic E-state index is 13.6. The lowest BCUT2D eigenvalue weighted by atomic mass is 10.1. The molecule has 150 valence electrons. The first-order valence-electron chi connectivity index (χ1n) is 9.93. The Labute approximate surface area is 169 Å². The molecule has 3 aromatic rings. The maximum atomic E-state index is 13.6. The van der Waals surface area contributed by atoms with Gasteiger partial charge in [-0.1, -0.05) is 25.1 Å². The van der Waals surface area contributed by atoms with E-state index in [1.165, 1.54) is 6.07 Å². The summed E-state index contributed by atoms with van der Waals surface area (Å²) in [6.45, 7) is 4.51. The fraction of sp³-hybridized carbons (Fsp3) is 0.318. The van der Waals surface area contributed by atoms with E-state index < -0.39 is 5.91 Å². The maximum Gasteiger partial charge on any atom is 0.250 e. The highest BCUT2D eigenvalue weighted by Gasteiger charge is 2.26. The lowest BCUT2D eigenvalue weighted by Crippen LogP contribution is -2.52. The van der Waals surface area contributed by atoms with Crippen molar-refractivity contribution >= 4 is 22.6 Å². The van der Waals surface area contributed by atoms with E-state index in [-0.39, 0.29) is 5.82 Å². The second kappa shape index (κ2) is 8.13. The van der Waals surface area contributed by atoms with Gasteiger partial charge in [0.25, 0.3) is 5.91 Å². The monoisotopic (exact) mass is 393 g/mol. The fourth-order valence-corrected chi connectivity index (χ4v) is 3.58. The molecule has 1 saturated heterocycles. The summed E-state index contributed by atoms with van der Waals surface area (Å²) in [4.78, 5) is 21.3. The van der Waals surface area contributed by atoms with Crippen LogP contribution in [-0.2, 0) is 12.8 Å². The second-order valence-electron chi connectivity index (χ2n) is 7.19. The zero-order chi connectivity index (χ0) is 20.4. The van der Waals surface area contributed by atoms with Crippen LogP contribution in [-0.4, -0.2) is 40.5 Å². The topological polar surface area (TPSA) is 75.3 Å². The Kier molecular flexibility index (Phi) is 5.40. The van der Waals surface area contributed by atoms with E-state index in [1.54, 1.807) is 18.2 Å². The Morgan fingerprint density at radius 2 is 2.00 bits per heavy atom. The number of aromatic nitrogens is 2. The number of nitrogens with two attached hydrogens (primary N) is 1. The third-order valence-corrected chi connectivity index (χ3v) is 5.25. The van der Waals surface area contributed by atoms with Gasteiger partial charge in [-0.05, 0) is 42.7 Å². The molecule has 0 radical (unpaired) electrons. The van der Waals surface area contributed by atoms with Gasteiger partial charge in [0, 0.05) is 31.4 Å². The normalized spacial score (nSPS) is 14.0. The van der Waals surface area contributed by atoms with Crippen LogP contribution >= 0.6 is 0 Å². The molecule has 7 heteroatoms. The summed E-state index contributed by atoms with van der Waals surface area (Å²) in [6, 6.07) is 12.1. The third-order valence-electron chi connectivity index (χ3n) is 5.25. The molecule has 2 aromatic carbocycles. The number of carbonyl (C=O) groups is 1. The molecule has 1 aromatic heterocycles. The van der Waals surface area contributed by atoms with Crippen LogP contribution in [0.5, 0.6) is 0 Å². The number of para-hydroxylation sites is 1. The first kappa shape index (κ1) is 19.3. The van der Waals surface area contributed by atoms with Crippen molar-refractivity contribution in [3.63, 3.8) is 0 Å². The summed E-state index contributed by atoms with van der Waals surface area (Å²) in [7, 11) is 0. The van der Waals surface area contributed by atoms with Gasteiger partial charge in [-0.25, -0.2) is 19.4 Å². The number of primary amides is 1. The molecule has 4 rings (SSSR count). The molecule has 0 saturated carbocycles. The fourth-order valence-electron chi connectivity index (χ4n) is 3.58. The smallest absolute Gasteiger partial charge is 0.250 e. The lowest BCUT2D eigenvalue weighted by molar-refractivity contribution is 0.100. The van der Waals surface area contributed by atoms with Gasteiger partial charge in [0.15, 0.2) is 5.82 Å². The predicted octanol–water partition coefficient (Wildman–Crippen LogP) is 3.10. The molecule has 0 spiro atoms. The summed E-state index contributed by atoms with van der Waals surface area (Å²) in [6.07, 6.45) is 2.44. The van der Waals surface area contributed by atoms with Crippen LogP contribution in [0.1, 0.15) is 35.1 Å². The minimum Gasteiger partial charge on any atom is -0.366 e. The average Bonchev–Trinajstić information content (AvgIpc) is 2.68. The van der Waals surface area contributed by atoms with Gasteiger partial charge in [-0.15, -0.1) is 0 Å². The van der Waals surface area contributed by atoms with E-state index in [0.717, 1.165) is 36.3 Å². The first-order valence-corrected chi connectivity index (χ1v) is 9.93. The highest BCUT2D eigenvalue weighted by Crippen LogP contribution is 2.29. The number of benzene rings is 2. The Morgan fingerprint density at radius 3 is 2.66 bits per heavy atom. The third kappa shape index (κ3) is 3.91. The summed E-state index contributed by atoms with van der Waals surface area (Å²) >= 11 is 0. The number of aryl methyl sites for hydroxylation is 1. The quantitative estimate of drug-likeness (QED) is 0.668. The number of hydrogen-bond donors (Lipinski definition) is 1. The van der Waals surface area contributed by atoms with Crippen molar-refractivity contribution < 1.29 is 9.18 Å². The number of carbonyl (C=O) groups excluding carboxylic acids is 1. The zero-order valence-corrected chi connectivity index (χ0v) is 16.4. The molecule has 0 aliphatic carbocycles. The number of nitrogens with zero attached hydrogens (tertiary/aromatic N) is 4. The number of halogens is 1. The van der Waals surface area contributed by atoms with Crippen LogP contribution in [0.4, 0.5) is 10.2 Å². The molecule has 2 heterocycles. The number of amides is 1. The highest BCUT2D eigenvalue weighted by atomic mass is 19.1. The van der Waals surface area contributed by atoms with Gasteiger partial charge in [0.1, 0.15) is 11.6 Å². The van der Waals surface area contributed by atoms with E-state index in [9.17, 15) is 9.18 Å². The highest BCUT2D eigenvalue weighted by molar-refractivity contribution is 6.07. The van der Waals surface area contributed by atoms with Crippen molar-refractivity contribution in [2.24, 2.45) is 5.73 Å². The van der Waals surface area contributed by atoms with E-state index >= 15 is 0 Å². The standard InChI is InChI=1S/C22H24FN5O/c1-2-19-25-20-17(21(24)29)8-4-9-18(20)22(26-19)28(27-11-5-12-27)13-10-15-6-3-7-16(23)14-15/h3-4,6-9,14H,2,5,10-13H2,1H3,(H2,24,29). The number of hydrazine groups is 1. The summed E-state index contributed by atoms with van der Waals surface area (Å²) in [5.74, 6) is 0.700. The van der Waals surface area contributed by atoms with Gasteiger partial charge < -0.3 is 5.73 Å². The molecule has 1 aliphatic heterocycles. The molecule has 1 aliphatic rings. The lowest BCUT2D eigenvalue weighted by Gasteiger charge is -2.42. The van der Waals surface area contributed by atoms with Crippen LogP contribution in [0.3, 0.4) is 0 Å². The molecule has 0 unspecified atom stereocenters. The van der Waals surface area contributed by atoms with Crippen LogP contribution < -0.4 is 10.7 Å². The van der Waals surface area contributed by atoms with Crippen molar-refractivity contribution in [1.29, 1.82) is 0 Å². The van der Waals surface area contributed by atoms with Gasteiger partial charge in [-0.3, -0.25) is 9.80 Å². The van der Waals surface area contributed by atoms with Gasteiger partial charge in [-0.2, -0.15) is 0 Å². The van der Waals surface area contributed by atoms with Crippen molar-refractivity contribution in [3.8, 4) is 0 Å². The molecule has 1 fully saturated rings. The largest absolute Gasteiger partial charge is 0.366 e. The van der Waals surface area contributed by atoms with Crippen molar-refractivity contribution in [1.82, 2.24) is 15.0 Å². The van der Waals surface area contributed by atoms with Crippen LogP contribution in [0.2, 0.25) is 0 Å². The summed E-state index contributed by atoms with van der Waals surface area (Å²) < 4.78 is 13.6. The van der Waals surface area contributed by atoms with E-state index in [1.807, 2.05) is 25.1 Å². The molecule has 6 nitrogen and oxygen atoms in total. The molecular weight excluding hydrogens is 369 g/mol. The van der Waals surface area contributed by atoms with Gasteiger partial charge >= 0.3 is 0 Å². The number of rotatable bonds is 7. The number of fused-ring (bicyclic) bond motifs is 1. The Morgan fingerprint density at radius 1 is 1.21 bits per heavy atom. The molecule has 0 bridgehead atoms. The summed E-state index contributed by atoms with van der Waals surface area (Å²) in [5, 5.41) is 5.17. The van der Waals surface area contributed by atoms with E-state index in [4.69, 9.17) is 10.7 Å². The number of hydrogen-bond acceptors (Lipinski definition) is 5. The number of anilines is 1. The van der Waals surface area contributed by atoms with Gasteiger partial charge in [0.05, 0.1) is 11.1 Å². The predicted molar refractivity (Wildman–Crippen MR) is 111 cm³/mol. The Hall–Kier alpha value is -3.06. The second-order valence-corrected chi connectivity index (χ2v) is 7.19. The molecule has 1 amide bonds. The molecule has 0 atom stereocenters. The van der Waals surface area contributed by atoms with Crippen molar-refractivity contribution in [2.45, 2.75) is 26.2 Å². The SMILES string of the molecule is CCc1nc(N(CCc2cccc(F)c2)N2CCC2)c2cccc(C(N)=O)c2n1. The van der Waals surface area contributed by atoms with Crippen molar-refractivity contribution in [2.75, 3.05) is 24.6 Å². The molecular formula is C22H24FN5O. The Bertz CT molecular complexity index is 1050. The van der Waals surface area contributed by atoms with E-state index in [0.29, 0.717) is 36.3 Å². The minimum absolute atomic E-state index is 0.232. The zero-order valence-electron chi connectivity index (χ0n) is 16.4. The van der Waals surface area contributed by atoms with E-state index in [2.05, 4.69) is 15.0 Å².